The van der Waals surface area contributed by atoms with Gasteiger partial charge >= 0.3 is 0 Å². The SMILES string of the molecule is CC1(c2nc(-c3cccc(O)c3)no2)CCCNC1. The molecular weight excluding hydrogens is 242 g/mol. The van der Waals surface area contributed by atoms with Gasteiger partial charge in [-0.25, -0.2) is 0 Å². The lowest BCUT2D eigenvalue weighted by Gasteiger charge is -2.30. The van der Waals surface area contributed by atoms with Gasteiger partial charge in [-0.1, -0.05) is 17.3 Å². The Morgan fingerprint density at radius 3 is 3.05 bits per heavy atom. The molecule has 1 saturated heterocycles. The molecule has 1 aromatic carbocycles. The molecule has 2 aromatic rings. The van der Waals surface area contributed by atoms with Crippen molar-refractivity contribution in [1.29, 1.82) is 0 Å². The second-order valence-corrected chi connectivity index (χ2v) is 5.31. The number of rotatable bonds is 2. The van der Waals surface area contributed by atoms with Crippen LogP contribution in [0, 0.1) is 0 Å². The standard InChI is InChI=1S/C14H17N3O2/c1-14(6-3-7-15-9-14)13-16-12(17-19-13)10-4-2-5-11(18)8-10/h2,4-5,8,15,18H,3,6-7,9H2,1H3. The molecule has 1 aromatic heterocycles. The number of piperidine rings is 1. The fourth-order valence-corrected chi connectivity index (χ4v) is 2.47. The van der Waals surface area contributed by atoms with Crippen LogP contribution in [0.5, 0.6) is 5.75 Å². The van der Waals surface area contributed by atoms with Crippen LogP contribution in [0.15, 0.2) is 28.8 Å². The van der Waals surface area contributed by atoms with Crippen LogP contribution in [0.1, 0.15) is 25.7 Å². The molecular formula is C14H17N3O2. The van der Waals surface area contributed by atoms with Gasteiger partial charge in [-0.05, 0) is 38.4 Å². The maximum atomic E-state index is 9.48. The normalized spacial score (nSPS) is 23.4. The van der Waals surface area contributed by atoms with Gasteiger partial charge in [0, 0.05) is 12.1 Å². The van der Waals surface area contributed by atoms with Crippen molar-refractivity contribution >= 4 is 0 Å². The Labute approximate surface area is 111 Å². The van der Waals surface area contributed by atoms with E-state index in [-0.39, 0.29) is 11.2 Å². The first-order valence-corrected chi connectivity index (χ1v) is 6.52. The Morgan fingerprint density at radius 1 is 1.42 bits per heavy atom. The summed E-state index contributed by atoms with van der Waals surface area (Å²) in [4.78, 5) is 4.49. The average Bonchev–Trinajstić information content (AvgIpc) is 2.90. The highest BCUT2D eigenvalue weighted by atomic mass is 16.5. The molecule has 1 aliphatic rings. The number of aromatic hydroxyl groups is 1. The molecule has 5 nitrogen and oxygen atoms in total. The highest BCUT2D eigenvalue weighted by Crippen LogP contribution is 2.31. The molecule has 0 spiro atoms. The highest BCUT2D eigenvalue weighted by Gasteiger charge is 2.34. The fraction of sp³-hybridized carbons (Fsp3) is 0.429. The van der Waals surface area contributed by atoms with Crippen LogP contribution in [0.25, 0.3) is 11.4 Å². The Bertz CT molecular complexity index is 574. The minimum atomic E-state index is -0.0969. The predicted molar refractivity (Wildman–Crippen MR) is 70.9 cm³/mol. The number of nitrogens with one attached hydrogen (secondary N) is 1. The largest absolute Gasteiger partial charge is 0.508 e. The lowest BCUT2D eigenvalue weighted by molar-refractivity contribution is 0.245. The Balaban J connectivity index is 1.91. The summed E-state index contributed by atoms with van der Waals surface area (Å²) in [5, 5.41) is 16.9. The monoisotopic (exact) mass is 259 g/mol. The van der Waals surface area contributed by atoms with E-state index in [1.54, 1.807) is 18.2 Å². The van der Waals surface area contributed by atoms with E-state index in [1.165, 1.54) is 0 Å². The molecule has 0 aliphatic carbocycles. The van der Waals surface area contributed by atoms with Crippen LogP contribution in [-0.4, -0.2) is 28.3 Å². The number of hydrogen-bond donors (Lipinski definition) is 2. The molecule has 0 radical (unpaired) electrons. The number of benzene rings is 1. The van der Waals surface area contributed by atoms with E-state index in [0.29, 0.717) is 11.7 Å². The van der Waals surface area contributed by atoms with Gasteiger partial charge in [-0.15, -0.1) is 0 Å². The van der Waals surface area contributed by atoms with Crippen molar-refractivity contribution in [2.24, 2.45) is 0 Å². The number of phenolic OH excluding ortho intramolecular Hbond substituents is 1. The van der Waals surface area contributed by atoms with Crippen molar-refractivity contribution in [2.75, 3.05) is 13.1 Å². The van der Waals surface area contributed by atoms with E-state index >= 15 is 0 Å². The van der Waals surface area contributed by atoms with Crippen molar-refractivity contribution < 1.29 is 9.63 Å². The van der Waals surface area contributed by atoms with Crippen LogP contribution in [0.4, 0.5) is 0 Å². The number of hydrogen-bond acceptors (Lipinski definition) is 5. The van der Waals surface area contributed by atoms with Crippen LogP contribution in [0.3, 0.4) is 0 Å². The zero-order valence-electron chi connectivity index (χ0n) is 10.9. The molecule has 1 atom stereocenters. The van der Waals surface area contributed by atoms with Crippen LogP contribution < -0.4 is 5.32 Å². The molecule has 19 heavy (non-hydrogen) atoms. The van der Waals surface area contributed by atoms with Crippen molar-refractivity contribution in [3.8, 4) is 17.1 Å². The Hall–Kier alpha value is -1.88. The lowest BCUT2D eigenvalue weighted by atomic mass is 9.83. The van der Waals surface area contributed by atoms with Gasteiger partial charge in [0.05, 0.1) is 5.41 Å². The number of nitrogens with zero attached hydrogens (tertiary/aromatic N) is 2. The van der Waals surface area contributed by atoms with E-state index in [1.807, 2.05) is 6.07 Å². The lowest BCUT2D eigenvalue weighted by Crippen LogP contribution is -2.41. The summed E-state index contributed by atoms with van der Waals surface area (Å²) in [5.74, 6) is 1.39. The third-order valence-electron chi connectivity index (χ3n) is 3.64. The quantitative estimate of drug-likeness (QED) is 0.864. The average molecular weight is 259 g/mol. The molecule has 100 valence electrons. The van der Waals surface area contributed by atoms with Crippen LogP contribution in [-0.2, 0) is 5.41 Å². The van der Waals surface area contributed by atoms with Gasteiger partial charge in [0.1, 0.15) is 5.75 Å². The highest BCUT2D eigenvalue weighted by molar-refractivity contribution is 5.56. The summed E-state index contributed by atoms with van der Waals surface area (Å²) in [6.07, 6.45) is 2.15. The molecule has 3 rings (SSSR count). The molecule has 2 heterocycles. The Morgan fingerprint density at radius 2 is 2.32 bits per heavy atom. The minimum absolute atomic E-state index is 0.0969. The molecule has 1 unspecified atom stereocenters. The molecule has 0 bridgehead atoms. The van der Waals surface area contributed by atoms with Gasteiger partial charge in [-0.3, -0.25) is 0 Å². The van der Waals surface area contributed by atoms with Crippen molar-refractivity contribution in [1.82, 2.24) is 15.5 Å². The van der Waals surface area contributed by atoms with Gasteiger partial charge in [0.25, 0.3) is 0 Å². The summed E-state index contributed by atoms with van der Waals surface area (Å²) in [5.41, 5.74) is 0.669. The van der Waals surface area contributed by atoms with E-state index < -0.39 is 0 Å². The first-order chi connectivity index (χ1) is 9.17. The summed E-state index contributed by atoms with van der Waals surface area (Å²) in [7, 11) is 0. The van der Waals surface area contributed by atoms with E-state index in [9.17, 15) is 5.11 Å². The summed E-state index contributed by atoms with van der Waals surface area (Å²) in [6, 6.07) is 6.88. The van der Waals surface area contributed by atoms with Gasteiger partial charge < -0.3 is 14.9 Å². The summed E-state index contributed by atoms with van der Waals surface area (Å²) < 4.78 is 5.42. The van der Waals surface area contributed by atoms with Crippen molar-refractivity contribution in [3.05, 3.63) is 30.2 Å². The fourth-order valence-electron chi connectivity index (χ4n) is 2.47. The maximum Gasteiger partial charge on any atom is 0.234 e. The number of phenols is 1. The minimum Gasteiger partial charge on any atom is -0.508 e. The molecule has 5 heteroatoms. The summed E-state index contributed by atoms with van der Waals surface area (Å²) in [6.45, 7) is 4.04. The predicted octanol–water partition coefficient (Wildman–Crippen LogP) is 2.08. The van der Waals surface area contributed by atoms with E-state index in [2.05, 4.69) is 22.4 Å². The third-order valence-corrected chi connectivity index (χ3v) is 3.64. The molecule has 0 amide bonds. The second kappa shape index (κ2) is 4.66. The van der Waals surface area contributed by atoms with Gasteiger partial charge in [-0.2, -0.15) is 4.98 Å². The maximum absolute atomic E-state index is 9.48. The molecule has 2 N–H and O–H groups in total. The molecule has 1 fully saturated rings. The van der Waals surface area contributed by atoms with Crippen LogP contribution in [0.2, 0.25) is 0 Å². The van der Waals surface area contributed by atoms with Crippen molar-refractivity contribution in [2.45, 2.75) is 25.2 Å². The van der Waals surface area contributed by atoms with Gasteiger partial charge in [0.2, 0.25) is 11.7 Å². The first kappa shape index (κ1) is 12.2. The van der Waals surface area contributed by atoms with Crippen LogP contribution >= 0.6 is 0 Å². The van der Waals surface area contributed by atoms with Crippen molar-refractivity contribution in [3.63, 3.8) is 0 Å². The van der Waals surface area contributed by atoms with E-state index in [4.69, 9.17) is 4.52 Å². The summed E-state index contributed by atoms with van der Waals surface area (Å²) >= 11 is 0. The van der Waals surface area contributed by atoms with E-state index in [0.717, 1.165) is 31.5 Å². The first-order valence-electron chi connectivity index (χ1n) is 6.52. The molecule has 0 saturated carbocycles. The second-order valence-electron chi connectivity index (χ2n) is 5.31. The van der Waals surface area contributed by atoms with Gasteiger partial charge in [0.15, 0.2) is 0 Å². The Kier molecular flexibility index (Phi) is 2.98. The topological polar surface area (TPSA) is 71.2 Å². The third kappa shape index (κ3) is 2.33. The molecule has 1 aliphatic heterocycles. The number of aromatic nitrogens is 2. The zero-order chi connectivity index (χ0) is 13.3. The smallest absolute Gasteiger partial charge is 0.234 e. The zero-order valence-corrected chi connectivity index (χ0v) is 10.9.